The van der Waals surface area contributed by atoms with Gasteiger partial charge >= 0.3 is 12.2 Å². The van der Waals surface area contributed by atoms with Crippen molar-refractivity contribution in [2.24, 2.45) is 5.73 Å². The van der Waals surface area contributed by atoms with Gasteiger partial charge in [-0.2, -0.15) is 13.2 Å². The molecule has 2 amide bonds. The molecule has 0 radical (unpaired) electrons. The number of alkyl halides is 3. The van der Waals surface area contributed by atoms with E-state index in [0.717, 1.165) is 12.1 Å². The second kappa shape index (κ2) is 6.39. The highest BCUT2D eigenvalue weighted by molar-refractivity contribution is 7.99. The number of hydrogen-bond donors (Lipinski definition) is 2. The van der Waals surface area contributed by atoms with Crippen molar-refractivity contribution < 1.29 is 18.0 Å². The first-order valence-electron chi connectivity index (χ1n) is 5.93. The summed E-state index contributed by atoms with van der Waals surface area (Å²) in [4.78, 5) is 10.7. The second-order valence-electron chi connectivity index (χ2n) is 4.96. The maximum absolute atomic E-state index is 12.6. The Kier molecular flexibility index (Phi) is 5.33. The van der Waals surface area contributed by atoms with Crippen molar-refractivity contribution in [1.29, 1.82) is 0 Å². The Balaban J connectivity index is 2.63. The molecular weight excluding hydrogens is 289 g/mol. The van der Waals surface area contributed by atoms with E-state index < -0.39 is 17.8 Å². The lowest BCUT2D eigenvalue weighted by atomic mass is 10.1. The summed E-state index contributed by atoms with van der Waals surface area (Å²) >= 11 is 1.46. The molecule has 1 aromatic rings. The molecule has 0 aliphatic carbocycles. The molecule has 1 aromatic carbocycles. The molecule has 0 atom stereocenters. The number of urea groups is 1. The van der Waals surface area contributed by atoms with Gasteiger partial charge in [-0.3, -0.25) is 0 Å². The molecule has 0 aromatic heterocycles. The van der Waals surface area contributed by atoms with Crippen molar-refractivity contribution in [3.8, 4) is 0 Å². The van der Waals surface area contributed by atoms with E-state index in [4.69, 9.17) is 5.73 Å². The van der Waals surface area contributed by atoms with Crippen molar-refractivity contribution in [2.75, 3.05) is 6.54 Å². The number of benzene rings is 1. The first-order chi connectivity index (χ1) is 9.10. The van der Waals surface area contributed by atoms with E-state index in [9.17, 15) is 18.0 Å². The predicted octanol–water partition coefficient (Wildman–Crippen LogP) is 3.39. The molecule has 0 bridgehead atoms. The number of hydrogen-bond acceptors (Lipinski definition) is 2. The molecule has 0 aliphatic heterocycles. The maximum Gasteiger partial charge on any atom is 0.416 e. The first-order valence-corrected chi connectivity index (χ1v) is 6.92. The van der Waals surface area contributed by atoms with Crippen LogP contribution in [0.2, 0.25) is 0 Å². The number of amides is 2. The van der Waals surface area contributed by atoms with E-state index in [1.165, 1.54) is 17.8 Å². The molecule has 3 nitrogen and oxygen atoms in total. The molecule has 0 unspecified atom stereocenters. The quantitative estimate of drug-likeness (QED) is 0.876. The van der Waals surface area contributed by atoms with Gasteiger partial charge in [0.05, 0.1) is 5.56 Å². The van der Waals surface area contributed by atoms with Gasteiger partial charge in [0.25, 0.3) is 0 Å². The monoisotopic (exact) mass is 306 g/mol. The fourth-order valence-electron chi connectivity index (χ4n) is 1.47. The van der Waals surface area contributed by atoms with E-state index in [2.05, 4.69) is 5.32 Å². The standard InChI is InChI=1S/C13H17F3N2OS/c1-12(2,8-18-11(17)19)20-7-9-4-3-5-10(6-9)13(14,15)16/h3-6H,7-8H2,1-2H3,(H3,17,18,19). The molecule has 20 heavy (non-hydrogen) atoms. The van der Waals surface area contributed by atoms with Crippen LogP contribution in [0.25, 0.3) is 0 Å². The van der Waals surface area contributed by atoms with E-state index >= 15 is 0 Å². The largest absolute Gasteiger partial charge is 0.416 e. The van der Waals surface area contributed by atoms with Crippen LogP contribution in [0.3, 0.4) is 0 Å². The highest BCUT2D eigenvalue weighted by Crippen LogP contribution is 2.32. The van der Waals surface area contributed by atoms with Gasteiger partial charge in [-0.15, -0.1) is 11.8 Å². The van der Waals surface area contributed by atoms with Gasteiger partial charge in [0.1, 0.15) is 0 Å². The molecule has 0 spiro atoms. The number of rotatable bonds is 5. The van der Waals surface area contributed by atoms with E-state index in [1.807, 2.05) is 13.8 Å². The zero-order chi connectivity index (χ0) is 15.4. The molecule has 0 saturated carbocycles. The third kappa shape index (κ3) is 5.73. The second-order valence-corrected chi connectivity index (χ2v) is 6.65. The van der Waals surface area contributed by atoms with Crippen LogP contribution in [0.5, 0.6) is 0 Å². The van der Waals surface area contributed by atoms with Crippen LogP contribution in [-0.2, 0) is 11.9 Å². The van der Waals surface area contributed by atoms with Gasteiger partial charge in [0, 0.05) is 17.0 Å². The number of nitrogens with one attached hydrogen (secondary N) is 1. The zero-order valence-electron chi connectivity index (χ0n) is 11.3. The third-order valence-electron chi connectivity index (χ3n) is 2.57. The summed E-state index contributed by atoms with van der Waals surface area (Å²) in [5.74, 6) is 0.428. The molecule has 3 N–H and O–H groups in total. The van der Waals surface area contributed by atoms with Crippen molar-refractivity contribution in [3.05, 3.63) is 35.4 Å². The highest BCUT2D eigenvalue weighted by Gasteiger charge is 2.30. The Hall–Kier alpha value is -1.37. The third-order valence-corrected chi connectivity index (χ3v) is 3.98. The summed E-state index contributed by atoms with van der Waals surface area (Å²) in [6, 6.07) is 4.63. The van der Waals surface area contributed by atoms with Crippen molar-refractivity contribution in [1.82, 2.24) is 5.32 Å². The van der Waals surface area contributed by atoms with Gasteiger partial charge in [-0.25, -0.2) is 4.79 Å². The molecule has 0 heterocycles. The van der Waals surface area contributed by atoms with Crippen molar-refractivity contribution >= 4 is 17.8 Å². The molecular formula is C13H17F3N2OS. The minimum atomic E-state index is -4.33. The van der Waals surface area contributed by atoms with E-state index in [-0.39, 0.29) is 4.75 Å². The number of carbonyl (C=O) groups is 1. The number of thioether (sulfide) groups is 1. The van der Waals surface area contributed by atoms with Gasteiger partial charge in [0.15, 0.2) is 0 Å². The minimum Gasteiger partial charge on any atom is -0.352 e. The van der Waals surface area contributed by atoms with Crippen LogP contribution in [0.1, 0.15) is 25.0 Å². The fourth-order valence-corrected chi connectivity index (χ4v) is 2.38. The summed E-state index contributed by atoms with van der Waals surface area (Å²) in [5.41, 5.74) is 4.94. The Bertz CT molecular complexity index is 475. The van der Waals surface area contributed by atoms with E-state index in [1.54, 1.807) is 6.07 Å². The lowest BCUT2D eigenvalue weighted by molar-refractivity contribution is -0.137. The molecule has 112 valence electrons. The number of halogens is 3. The summed E-state index contributed by atoms with van der Waals surface area (Å²) in [5, 5.41) is 2.50. The Labute approximate surface area is 120 Å². The molecule has 1 rings (SSSR count). The molecule has 0 saturated heterocycles. The maximum atomic E-state index is 12.6. The number of carbonyl (C=O) groups excluding carboxylic acids is 1. The Morgan fingerprint density at radius 1 is 1.35 bits per heavy atom. The van der Waals surface area contributed by atoms with Crippen LogP contribution in [-0.4, -0.2) is 17.3 Å². The van der Waals surface area contributed by atoms with Crippen molar-refractivity contribution in [2.45, 2.75) is 30.5 Å². The lowest BCUT2D eigenvalue weighted by Crippen LogP contribution is -2.39. The van der Waals surface area contributed by atoms with Crippen LogP contribution in [0.15, 0.2) is 24.3 Å². The molecule has 0 fully saturated rings. The SMILES string of the molecule is CC(C)(CNC(N)=O)SCc1cccc(C(F)(F)F)c1. The summed E-state index contributed by atoms with van der Waals surface area (Å²) in [7, 11) is 0. The lowest BCUT2D eigenvalue weighted by Gasteiger charge is -2.24. The smallest absolute Gasteiger partial charge is 0.352 e. The van der Waals surface area contributed by atoms with Crippen LogP contribution < -0.4 is 11.1 Å². The average Bonchev–Trinajstić information content (AvgIpc) is 2.34. The zero-order valence-corrected chi connectivity index (χ0v) is 12.1. The molecule has 7 heteroatoms. The fraction of sp³-hybridized carbons (Fsp3) is 0.462. The first kappa shape index (κ1) is 16.7. The van der Waals surface area contributed by atoms with Gasteiger partial charge in [-0.1, -0.05) is 18.2 Å². The summed E-state index contributed by atoms with van der Waals surface area (Å²) in [6.07, 6.45) is -4.33. The van der Waals surface area contributed by atoms with Crippen LogP contribution in [0, 0.1) is 0 Å². The number of nitrogens with two attached hydrogens (primary N) is 1. The van der Waals surface area contributed by atoms with Gasteiger partial charge in [0.2, 0.25) is 0 Å². The topological polar surface area (TPSA) is 55.1 Å². The predicted molar refractivity (Wildman–Crippen MR) is 74.4 cm³/mol. The van der Waals surface area contributed by atoms with Crippen LogP contribution >= 0.6 is 11.8 Å². The Morgan fingerprint density at radius 2 is 2.00 bits per heavy atom. The minimum absolute atomic E-state index is 0.316. The molecule has 0 aliphatic rings. The van der Waals surface area contributed by atoms with Gasteiger partial charge < -0.3 is 11.1 Å². The average molecular weight is 306 g/mol. The van der Waals surface area contributed by atoms with Crippen LogP contribution in [0.4, 0.5) is 18.0 Å². The highest BCUT2D eigenvalue weighted by atomic mass is 32.2. The Morgan fingerprint density at radius 3 is 2.55 bits per heavy atom. The summed E-state index contributed by atoms with van der Waals surface area (Å²) < 4.78 is 37.4. The van der Waals surface area contributed by atoms with Crippen molar-refractivity contribution in [3.63, 3.8) is 0 Å². The summed E-state index contributed by atoms with van der Waals surface area (Å²) in [6.45, 7) is 4.13. The normalized spacial score (nSPS) is 12.2. The van der Waals surface area contributed by atoms with Gasteiger partial charge in [-0.05, 0) is 25.5 Å². The van der Waals surface area contributed by atoms with E-state index in [0.29, 0.717) is 17.9 Å². The number of primary amides is 1.